The highest BCUT2D eigenvalue weighted by atomic mass is 16.4. The Morgan fingerprint density at radius 1 is 1.38 bits per heavy atom. The van der Waals surface area contributed by atoms with Crippen LogP contribution in [0, 0.1) is 11.8 Å². The summed E-state index contributed by atoms with van der Waals surface area (Å²) in [5, 5.41) is 3.07. The second-order valence-corrected chi connectivity index (χ2v) is 6.08. The van der Waals surface area contributed by atoms with Crippen LogP contribution in [-0.4, -0.2) is 16.5 Å². The predicted octanol–water partition coefficient (Wildman–Crippen LogP) is 2.15. The SMILES string of the molecule is CC(C)[C@@H](Cn1c(=O)oc2ccccc21)NC(=O)C1CC1. The summed E-state index contributed by atoms with van der Waals surface area (Å²) < 4.78 is 6.84. The number of oxazole rings is 1. The van der Waals surface area contributed by atoms with Gasteiger partial charge in [0.1, 0.15) is 0 Å². The summed E-state index contributed by atoms with van der Waals surface area (Å²) in [5.41, 5.74) is 1.35. The van der Waals surface area contributed by atoms with Gasteiger partial charge in [-0.25, -0.2) is 4.79 Å². The van der Waals surface area contributed by atoms with Gasteiger partial charge in [-0.15, -0.1) is 0 Å². The largest absolute Gasteiger partial charge is 0.420 e. The molecule has 0 radical (unpaired) electrons. The Balaban J connectivity index is 1.85. The lowest BCUT2D eigenvalue weighted by molar-refractivity contribution is -0.123. The van der Waals surface area contributed by atoms with Crippen LogP contribution in [0.15, 0.2) is 33.5 Å². The summed E-state index contributed by atoms with van der Waals surface area (Å²) in [5.74, 6) is 0.148. The van der Waals surface area contributed by atoms with Crippen molar-refractivity contribution < 1.29 is 9.21 Å². The number of para-hydroxylation sites is 2. The fourth-order valence-electron chi connectivity index (χ4n) is 2.45. The zero-order valence-electron chi connectivity index (χ0n) is 12.3. The first kappa shape index (κ1) is 13.9. The van der Waals surface area contributed by atoms with Crippen molar-refractivity contribution in [3.05, 3.63) is 34.8 Å². The highest BCUT2D eigenvalue weighted by Gasteiger charge is 2.31. The molecule has 5 heteroatoms. The van der Waals surface area contributed by atoms with Gasteiger partial charge in [0, 0.05) is 18.5 Å². The van der Waals surface area contributed by atoms with Crippen molar-refractivity contribution in [3.63, 3.8) is 0 Å². The molecule has 1 atom stereocenters. The predicted molar refractivity (Wildman–Crippen MR) is 80.0 cm³/mol. The molecule has 0 spiro atoms. The van der Waals surface area contributed by atoms with Gasteiger partial charge in [0.15, 0.2) is 5.58 Å². The third-order valence-electron chi connectivity index (χ3n) is 4.03. The minimum atomic E-state index is -0.373. The molecule has 2 aromatic rings. The Labute approximate surface area is 122 Å². The van der Waals surface area contributed by atoms with Gasteiger partial charge in [0.05, 0.1) is 5.52 Å². The molecule has 1 aliphatic rings. The van der Waals surface area contributed by atoms with Crippen molar-refractivity contribution in [2.75, 3.05) is 0 Å². The van der Waals surface area contributed by atoms with Crippen molar-refractivity contribution in [1.29, 1.82) is 0 Å². The smallest absolute Gasteiger partial charge is 0.408 e. The number of nitrogens with zero attached hydrogens (tertiary/aromatic N) is 1. The Kier molecular flexibility index (Phi) is 3.57. The average molecular weight is 288 g/mol. The Morgan fingerprint density at radius 3 is 2.76 bits per heavy atom. The zero-order chi connectivity index (χ0) is 15.0. The molecule has 1 aromatic heterocycles. The van der Waals surface area contributed by atoms with E-state index < -0.39 is 0 Å². The monoisotopic (exact) mass is 288 g/mol. The van der Waals surface area contributed by atoms with Crippen LogP contribution in [0.2, 0.25) is 0 Å². The summed E-state index contributed by atoms with van der Waals surface area (Å²) in [4.78, 5) is 24.0. The number of aromatic nitrogens is 1. The van der Waals surface area contributed by atoms with Crippen LogP contribution in [0.1, 0.15) is 26.7 Å². The van der Waals surface area contributed by atoms with Crippen LogP contribution >= 0.6 is 0 Å². The molecule has 0 saturated heterocycles. The van der Waals surface area contributed by atoms with Gasteiger partial charge in [0.2, 0.25) is 5.91 Å². The van der Waals surface area contributed by atoms with Crippen LogP contribution in [-0.2, 0) is 11.3 Å². The quantitative estimate of drug-likeness (QED) is 0.916. The maximum Gasteiger partial charge on any atom is 0.420 e. The molecule has 0 unspecified atom stereocenters. The first-order valence-electron chi connectivity index (χ1n) is 7.45. The molecule has 1 aromatic carbocycles. The molecule has 0 aliphatic heterocycles. The van der Waals surface area contributed by atoms with Gasteiger partial charge in [-0.1, -0.05) is 26.0 Å². The molecule has 1 saturated carbocycles. The van der Waals surface area contributed by atoms with Gasteiger partial charge in [-0.05, 0) is 30.9 Å². The molecule has 112 valence electrons. The second-order valence-electron chi connectivity index (χ2n) is 6.08. The summed E-state index contributed by atoms with van der Waals surface area (Å²) in [6.07, 6.45) is 1.95. The molecular formula is C16H20N2O3. The normalized spacial score (nSPS) is 16.3. The number of nitrogens with one attached hydrogen (secondary N) is 1. The standard InChI is InChI=1S/C16H20N2O3/c1-10(2)12(17-15(19)11-7-8-11)9-18-13-5-3-4-6-14(13)21-16(18)20/h3-6,10-12H,7-9H2,1-2H3,(H,17,19)/t12-/m1/s1. The molecule has 3 rings (SSSR count). The van der Waals surface area contributed by atoms with Crippen molar-refractivity contribution in [3.8, 4) is 0 Å². The Bertz CT molecular complexity index is 710. The third-order valence-corrected chi connectivity index (χ3v) is 4.03. The molecule has 21 heavy (non-hydrogen) atoms. The zero-order valence-corrected chi connectivity index (χ0v) is 12.3. The summed E-state index contributed by atoms with van der Waals surface area (Å²) >= 11 is 0. The number of carbonyl (C=O) groups excluding carboxylic acids is 1. The average Bonchev–Trinajstić information content (AvgIpc) is 3.24. The number of carbonyl (C=O) groups is 1. The first-order valence-corrected chi connectivity index (χ1v) is 7.45. The van der Waals surface area contributed by atoms with Gasteiger partial charge >= 0.3 is 5.76 Å². The van der Waals surface area contributed by atoms with E-state index in [0.717, 1.165) is 18.4 Å². The maximum absolute atomic E-state index is 12.0. The first-order chi connectivity index (χ1) is 10.1. The lowest BCUT2D eigenvalue weighted by atomic mass is 10.0. The van der Waals surface area contributed by atoms with Gasteiger partial charge < -0.3 is 9.73 Å². The van der Waals surface area contributed by atoms with Gasteiger partial charge in [0.25, 0.3) is 0 Å². The lowest BCUT2D eigenvalue weighted by Crippen LogP contribution is -2.43. The lowest BCUT2D eigenvalue weighted by Gasteiger charge is -2.22. The molecule has 1 fully saturated rings. The fourth-order valence-corrected chi connectivity index (χ4v) is 2.45. The number of fused-ring (bicyclic) bond motifs is 1. The minimum absolute atomic E-state index is 0.0724. The number of hydrogen-bond donors (Lipinski definition) is 1. The van der Waals surface area contributed by atoms with Crippen molar-refractivity contribution in [2.45, 2.75) is 39.3 Å². The summed E-state index contributed by atoms with van der Waals surface area (Å²) in [7, 11) is 0. The molecule has 5 nitrogen and oxygen atoms in total. The van der Waals surface area contributed by atoms with Gasteiger partial charge in [-0.2, -0.15) is 0 Å². The Hall–Kier alpha value is -2.04. The van der Waals surface area contributed by atoms with Crippen LogP contribution in [0.25, 0.3) is 11.1 Å². The van der Waals surface area contributed by atoms with Crippen molar-refractivity contribution >= 4 is 17.0 Å². The van der Waals surface area contributed by atoms with Crippen molar-refractivity contribution in [2.24, 2.45) is 11.8 Å². The fraction of sp³-hybridized carbons (Fsp3) is 0.500. The maximum atomic E-state index is 12.0. The minimum Gasteiger partial charge on any atom is -0.408 e. The molecular weight excluding hydrogens is 268 g/mol. The summed E-state index contributed by atoms with van der Waals surface area (Å²) in [6, 6.07) is 7.28. The third kappa shape index (κ3) is 2.86. The molecule has 0 bridgehead atoms. The van der Waals surface area contributed by atoms with E-state index in [1.807, 2.05) is 32.0 Å². The number of amides is 1. The van der Waals surface area contributed by atoms with E-state index >= 15 is 0 Å². The number of rotatable bonds is 5. The number of hydrogen-bond acceptors (Lipinski definition) is 3. The molecule has 1 N–H and O–H groups in total. The van der Waals surface area contributed by atoms with Crippen LogP contribution in [0.3, 0.4) is 0 Å². The van der Waals surface area contributed by atoms with E-state index in [0.29, 0.717) is 12.1 Å². The molecule has 1 heterocycles. The van der Waals surface area contributed by atoms with E-state index in [1.165, 1.54) is 0 Å². The molecule has 1 amide bonds. The van der Waals surface area contributed by atoms with E-state index in [1.54, 1.807) is 10.6 Å². The van der Waals surface area contributed by atoms with Crippen LogP contribution < -0.4 is 11.1 Å². The number of benzene rings is 1. The highest BCUT2D eigenvalue weighted by Crippen LogP contribution is 2.29. The van der Waals surface area contributed by atoms with E-state index in [-0.39, 0.29) is 29.5 Å². The highest BCUT2D eigenvalue weighted by molar-refractivity contribution is 5.81. The van der Waals surface area contributed by atoms with E-state index in [2.05, 4.69) is 5.32 Å². The van der Waals surface area contributed by atoms with Crippen LogP contribution in [0.5, 0.6) is 0 Å². The van der Waals surface area contributed by atoms with Crippen molar-refractivity contribution in [1.82, 2.24) is 9.88 Å². The topological polar surface area (TPSA) is 64.2 Å². The van der Waals surface area contributed by atoms with Gasteiger partial charge in [-0.3, -0.25) is 9.36 Å². The van der Waals surface area contributed by atoms with E-state index in [9.17, 15) is 9.59 Å². The summed E-state index contributed by atoms with van der Waals surface area (Å²) in [6.45, 7) is 4.53. The van der Waals surface area contributed by atoms with E-state index in [4.69, 9.17) is 4.42 Å². The molecule has 1 aliphatic carbocycles. The second kappa shape index (κ2) is 5.39. The van der Waals surface area contributed by atoms with Crippen LogP contribution in [0.4, 0.5) is 0 Å². The Morgan fingerprint density at radius 2 is 2.10 bits per heavy atom.